The van der Waals surface area contributed by atoms with Crippen LogP contribution in [0.3, 0.4) is 0 Å². The summed E-state index contributed by atoms with van der Waals surface area (Å²) in [4.78, 5) is 18.5. The van der Waals surface area contributed by atoms with E-state index in [9.17, 15) is 13.2 Å². The summed E-state index contributed by atoms with van der Waals surface area (Å²) in [6.45, 7) is 6.88. The SMILES string of the molecule is CCCCOC(=O)c1c(CC(C)C)sc(S(N)(=O)=O)c1-c1cccc(Cn2ccnc2-c2ccsc2)c1. The molecule has 196 valence electrons. The van der Waals surface area contributed by atoms with Crippen LogP contribution in [0.25, 0.3) is 22.5 Å². The Balaban J connectivity index is 1.80. The molecule has 1 aromatic carbocycles. The van der Waals surface area contributed by atoms with E-state index in [-0.39, 0.29) is 16.7 Å². The van der Waals surface area contributed by atoms with Gasteiger partial charge in [0.15, 0.2) is 0 Å². The lowest BCUT2D eigenvalue weighted by molar-refractivity contribution is 0.0500. The van der Waals surface area contributed by atoms with Gasteiger partial charge < -0.3 is 9.30 Å². The fourth-order valence-electron chi connectivity index (χ4n) is 4.14. The molecule has 0 unspecified atom stereocenters. The molecule has 37 heavy (non-hydrogen) atoms. The van der Waals surface area contributed by atoms with Crippen molar-refractivity contribution in [2.75, 3.05) is 6.61 Å². The van der Waals surface area contributed by atoms with Crippen LogP contribution >= 0.6 is 22.7 Å². The number of carbonyl (C=O) groups excluding carboxylic acids is 1. The average molecular weight is 558 g/mol. The van der Waals surface area contributed by atoms with E-state index in [1.807, 2.05) is 72.6 Å². The summed E-state index contributed by atoms with van der Waals surface area (Å²) in [5, 5.41) is 9.73. The Kier molecular flexibility index (Phi) is 8.63. The zero-order valence-corrected chi connectivity index (χ0v) is 23.6. The molecule has 0 saturated carbocycles. The predicted molar refractivity (Wildman–Crippen MR) is 150 cm³/mol. The second kappa shape index (κ2) is 11.7. The van der Waals surface area contributed by atoms with Gasteiger partial charge >= 0.3 is 5.97 Å². The van der Waals surface area contributed by atoms with E-state index >= 15 is 0 Å². The summed E-state index contributed by atoms with van der Waals surface area (Å²) < 4.78 is 33.0. The smallest absolute Gasteiger partial charge is 0.339 e. The summed E-state index contributed by atoms with van der Waals surface area (Å²) in [6.07, 6.45) is 5.84. The highest BCUT2D eigenvalue weighted by atomic mass is 32.2. The number of esters is 1. The Bertz CT molecular complexity index is 1470. The van der Waals surface area contributed by atoms with Gasteiger partial charge in [0, 0.05) is 40.3 Å². The number of unbranched alkanes of at least 4 members (excludes halogenated alkanes) is 1. The van der Waals surface area contributed by atoms with E-state index < -0.39 is 16.0 Å². The third-order valence-corrected chi connectivity index (χ3v) is 9.16. The Hall–Kier alpha value is -2.79. The number of rotatable bonds is 11. The van der Waals surface area contributed by atoms with Crippen molar-refractivity contribution in [3.63, 3.8) is 0 Å². The maximum atomic E-state index is 13.3. The first-order valence-corrected chi connectivity index (χ1v) is 15.5. The molecule has 0 aliphatic heterocycles. The molecule has 0 bridgehead atoms. The minimum Gasteiger partial charge on any atom is -0.462 e. The Labute approximate surface area is 226 Å². The third-order valence-electron chi connectivity index (χ3n) is 5.80. The molecule has 0 aliphatic carbocycles. The van der Waals surface area contributed by atoms with E-state index in [4.69, 9.17) is 9.88 Å². The van der Waals surface area contributed by atoms with Crippen molar-refractivity contribution in [3.8, 4) is 22.5 Å². The predicted octanol–water partition coefficient (Wildman–Crippen LogP) is 6.19. The van der Waals surface area contributed by atoms with E-state index in [1.54, 1.807) is 17.5 Å². The molecule has 0 radical (unpaired) electrons. The Morgan fingerprint density at radius 1 is 1.22 bits per heavy atom. The van der Waals surface area contributed by atoms with Gasteiger partial charge in [-0.05, 0) is 47.4 Å². The monoisotopic (exact) mass is 557 g/mol. The molecule has 10 heteroatoms. The van der Waals surface area contributed by atoms with Gasteiger partial charge in [0.2, 0.25) is 10.0 Å². The van der Waals surface area contributed by atoms with Crippen LogP contribution in [0.2, 0.25) is 0 Å². The molecule has 4 aromatic rings. The van der Waals surface area contributed by atoms with E-state index in [1.165, 1.54) is 0 Å². The van der Waals surface area contributed by atoms with Crippen LogP contribution < -0.4 is 5.14 Å². The van der Waals surface area contributed by atoms with E-state index in [0.29, 0.717) is 34.5 Å². The molecule has 0 amide bonds. The largest absolute Gasteiger partial charge is 0.462 e. The maximum absolute atomic E-state index is 13.3. The normalized spacial score (nSPS) is 11.8. The van der Waals surface area contributed by atoms with Gasteiger partial charge in [0.05, 0.1) is 12.2 Å². The first kappa shape index (κ1) is 27.3. The lowest BCUT2D eigenvalue weighted by Gasteiger charge is -2.12. The molecule has 7 nitrogen and oxygen atoms in total. The van der Waals surface area contributed by atoms with Gasteiger partial charge in [-0.1, -0.05) is 45.4 Å². The molecule has 3 heterocycles. The van der Waals surface area contributed by atoms with Crippen molar-refractivity contribution >= 4 is 38.7 Å². The average Bonchev–Trinajstić information content (AvgIpc) is 3.58. The first-order chi connectivity index (χ1) is 17.7. The quantitative estimate of drug-likeness (QED) is 0.175. The van der Waals surface area contributed by atoms with Crippen LogP contribution in [0.15, 0.2) is 57.7 Å². The number of aromatic nitrogens is 2. The zero-order valence-electron chi connectivity index (χ0n) is 21.1. The highest BCUT2D eigenvalue weighted by molar-refractivity contribution is 7.91. The van der Waals surface area contributed by atoms with Gasteiger partial charge in [-0.2, -0.15) is 11.3 Å². The maximum Gasteiger partial charge on any atom is 0.339 e. The fourth-order valence-corrected chi connectivity index (χ4v) is 7.30. The number of nitrogens with two attached hydrogens (primary N) is 1. The number of benzene rings is 1. The number of nitrogens with zero attached hydrogens (tertiary/aromatic N) is 2. The minimum absolute atomic E-state index is 0.00988. The van der Waals surface area contributed by atoms with Crippen LogP contribution in [0.4, 0.5) is 0 Å². The number of thiophene rings is 2. The Morgan fingerprint density at radius 3 is 2.70 bits per heavy atom. The third kappa shape index (κ3) is 6.38. The van der Waals surface area contributed by atoms with E-state index in [0.717, 1.165) is 41.1 Å². The van der Waals surface area contributed by atoms with Crippen LogP contribution in [0, 0.1) is 5.92 Å². The Morgan fingerprint density at radius 2 is 2.03 bits per heavy atom. The molecule has 0 atom stereocenters. The second-order valence-electron chi connectivity index (χ2n) is 9.29. The summed E-state index contributed by atoms with van der Waals surface area (Å²) in [5.74, 6) is 0.557. The van der Waals surface area contributed by atoms with Crippen LogP contribution in [0.1, 0.15) is 54.4 Å². The number of imidazole rings is 1. The molecular weight excluding hydrogens is 527 g/mol. The lowest BCUT2D eigenvalue weighted by Crippen LogP contribution is -2.13. The molecular formula is C27H31N3O4S3. The van der Waals surface area contributed by atoms with Gasteiger partial charge in [-0.3, -0.25) is 0 Å². The van der Waals surface area contributed by atoms with Crippen LogP contribution in [0.5, 0.6) is 0 Å². The first-order valence-electron chi connectivity index (χ1n) is 12.2. The number of hydrogen-bond donors (Lipinski definition) is 1. The molecule has 0 spiro atoms. The fraction of sp³-hybridized carbons (Fsp3) is 0.333. The molecule has 2 N–H and O–H groups in total. The van der Waals surface area contributed by atoms with Crippen molar-refractivity contribution in [1.29, 1.82) is 0 Å². The van der Waals surface area contributed by atoms with Crippen molar-refractivity contribution < 1.29 is 17.9 Å². The van der Waals surface area contributed by atoms with E-state index in [2.05, 4.69) is 4.98 Å². The number of hydrogen-bond acceptors (Lipinski definition) is 7. The summed E-state index contributed by atoms with van der Waals surface area (Å²) in [5.41, 5.74) is 3.23. The lowest BCUT2D eigenvalue weighted by atomic mass is 9.98. The molecule has 0 fully saturated rings. The van der Waals surface area contributed by atoms with Crippen LogP contribution in [-0.2, 0) is 27.7 Å². The van der Waals surface area contributed by atoms with Crippen molar-refractivity contribution in [2.45, 2.75) is 50.8 Å². The van der Waals surface area contributed by atoms with Gasteiger partial charge in [0.25, 0.3) is 0 Å². The summed E-state index contributed by atoms with van der Waals surface area (Å²) in [7, 11) is -4.08. The van der Waals surface area contributed by atoms with Gasteiger partial charge in [0.1, 0.15) is 10.0 Å². The zero-order chi connectivity index (χ0) is 26.6. The molecule has 0 saturated heterocycles. The number of ether oxygens (including phenoxy) is 1. The molecule has 3 aromatic heterocycles. The highest BCUT2D eigenvalue weighted by Crippen LogP contribution is 2.41. The van der Waals surface area contributed by atoms with Crippen molar-refractivity contribution in [1.82, 2.24) is 9.55 Å². The van der Waals surface area contributed by atoms with Gasteiger partial charge in [-0.15, -0.1) is 11.3 Å². The van der Waals surface area contributed by atoms with Crippen molar-refractivity contribution in [3.05, 3.63) is 69.5 Å². The number of primary sulfonamides is 1. The second-order valence-corrected chi connectivity index (χ2v) is 12.9. The molecule has 4 rings (SSSR count). The standard InChI is InChI=1S/C27H31N3O4S3/c1-4-5-12-34-26(31)24-22(14-18(2)3)36-27(37(28,32)33)23(24)20-8-6-7-19(15-20)16-30-11-10-29-25(30)21-9-13-35-17-21/h6-11,13,15,17-18H,4-5,12,14,16H2,1-3H3,(H2,28,32,33). The summed E-state index contributed by atoms with van der Waals surface area (Å²) >= 11 is 2.68. The van der Waals surface area contributed by atoms with Crippen molar-refractivity contribution in [2.24, 2.45) is 11.1 Å². The van der Waals surface area contributed by atoms with Crippen LogP contribution in [-0.4, -0.2) is 30.5 Å². The number of carbonyl (C=O) groups is 1. The topological polar surface area (TPSA) is 104 Å². The summed E-state index contributed by atoms with van der Waals surface area (Å²) in [6, 6.07) is 9.59. The number of sulfonamides is 1. The molecule has 0 aliphatic rings. The highest BCUT2D eigenvalue weighted by Gasteiger charge is 2.31. The van der Waals surface area contributed by atoms with Gasteiger partial charge in [-0.25, -0.2) is 23.3 Å². The minimum atomic E-state index is -4.08.